The second-order valence-corrected chi connectivity index (χ2v) is 10.8. The van der Waals surface area contributed by atoms with Gasteiger partial charge >= 0.3 is 0 Å². The number of hydrogen-bond acceptors (Lipinski definition) is 4. The summed E-state index contributed by atoms with van der Waals surface area (Å²) in [7, 11) is 0.951. The topological polar surface area (TPSA) is 57.2 Å². The Kier molecular flexibility index (Phi) is 7.12. The first kappa shape index (κ1) is 21.3. The van der Waals surface area contributed by atoms with Crippen LogP contribution in [0.4, 0.5) is 0 Å². The fourth-order valence-electron chi connectivity index (χ4n) is 3.84. The number of benzene rings is 1. The lowest BCUT2D eigenvalue weighted by Crippen LogP contribution is -2.50. The van der Waals surface area contributed by atoms with Crippen molar-refractivity contribution in [3.8, 4) is 0 Å². The second kappa shape index (κ2) is 9.37. The number of aliphatic imine (C=N–C) groups is 1. The van der Waals surface area contributed by atoms with Crippen LogP contribution in [0.2, 0.25) is 0 Å². The molecule has 0 aliphatic carbocycles. The number of nitrogens with zero attached hydrogens (tertiary/aromatic N) is 3. The summed E-state index contributed by atoms with van der Waals surface area (Å²) in [5, 5.41) is 3.40. The first-order chi connectivity index (χ1) is 13.4. The quantitative estimate of drug-likeness (QED) is 0.596. The van der Waals surface area contributed by atoms with Gasteiger partial charge in [0.1, 0.15) is 0 Å². The highest BCUT2D eigenvalue weighted by Gasteiger charge is 2.41. The Balaban J connectivity index is 1.56. The third kappa shape index (κ3) is 5.33. The lowest BCUT2D eigenvalue weighted by molar-refractivity contribution is -0.0502. The Labute approximate surface area is 171 Å². The van der Waals surface area contributed by atoms with Crippen molar-refractivity contribution in [2.75, 3.05) is 45.6 Å². The zero-order valence-corrected chi connectivity index (χ0v) is 18.4. The van der Waals surface area contributed by atoms with E-state index in [-0.39, 0.29) is 10.9 Å². The SMILES string of the molecule is CN=C(NCCS(=O)C(C)(C)C)N1CC2OCCN(Cc3ccccc3)C2C1. The molecule has 0 aromatic heterocycles. The van der Waals surface area contributed by atoms with E-state index in [2.05, 4.69) is 50.4 Å². The maximum atomic E-state index is 12.3. The van der Waals surface area contributed by atoms with Crippen molar-refractivity contribution < 1.29 is 8.95 Å². The van der Waals surface area contributed by atoms with Crippen LogP contribution in [0.1, 0.15) is 26.3 Å². The number of guanidine groups is 1. The van der Waals surface area contributed by atoms with Crippen molar-refractivity contribution in [3.63, 3.8) is 0 Å². The van der Waals surface area contributed by atoms with Gasteiger partial charge in [-0.1, -0.05) is 30.3 Å². The van der Waals surface area contributed by atoms with E-state index >= 15 is 0 Å². The molecule has 0 bridgehead atoms. The number of ether oxygens (including phenoxy) is 1. The second-order valence-electron chi connectivity index (χ2n) is 8.47. The van der Waals surface area contributed by atoms with Crippen LogP contribution in [0.3, 0.4) is 0 Å². The molecule has 7 heteroatoms. The van der Waals surface area contributed by atoms with Crippen LogP contribution < -0.4 is 5.32 Å². The van der Waals surface area contributed by atoms with Gasteiger partial charge in [-0.2, -0.15) is 0 Å². The van der Waals surface area contributed by atoms with Gasteiger partial charge in [0.15, 0.2) is 5.96 Å². The summed E-state index contributed by atoms with van der Waals surface area (Å²) in [5.74, 6) is 1.50. The van der Waals surface area contributed by atoms with E-state index in [4.69, 9.17) is 4.74 Å². The third-order valence-corrected chi connectivity index (χ3v) is 7.35. The van der Waals surface area contributed by atoms with Crippen molar-refractivity contribution in [1.82, 2.24) is 15.1 Å². The molecule has 2 heterocycles. The highest BCUT2D eigenvalue weighted by molar-refractivity contribution is 7.86. The largest absolute Gasteiger partial charge is 0.373 e. The average molecular weight is 407 g/mol. The first-order valence-corrected chi connectivity index (χ1v) is 11.4. The molecule has 0 radical (unpaired) electrons. The molecular weight excluding hydrogens is 372 g/mol. The molecule has 6 nitrogen and oxygen atoms in total. The molecule has 1 aromatic carbocycles. The molecule has 3 unspecified atom stereocenters. The Morgan fingerprint density at radius 3 is 2.71 bits per heavy atom. The normalized spacial score (nSPS) is 24.9. The lowest BCUT2D eigenvalue weighted by Gasteiger charge is -2.36. The maximum Gasteiger partial charge on any atom is 0.193 e. The molecule has 1 aromatic rings. The summed E-state index contributed by atoms with van der Waals surface area (Å²) in [4.78, 5) is 9.26. The number of morpholine rings is 1. The summed E-state index contributed by atoms with van der Waals surface area (Å²) >= 11 is 0. The van der Waals surface area contributed by atoms with Gasteiger partial charge in [-0.3, -0.25) is 14.1 Å². The fraction of sp³-hybridized carbons (Fsp3) is 0.667. The smallest absolute Gasteiger partial charge is 0.193 e. The minimum Gasteiger partial charge on any atom is -0.373 e. The standard InChI is InChI=1S/C21H34N4O2S/c1-21(2,3)28(26)13-10-23-20(22-4)25-15-18-19(16-25)27-12-11-24(18)14-17-8-6-5-7-9-17/h5-9,18-19H,10-16H2,1-4H3,(H,22,23). The zero-order valence-electron chi connectivity index (χ0n) is 17.6. The van der Waals surface area contributed by atoms with Crippen molar-refractivity contribution >= 4 is 16.8 Å². The van der Waals surface area contributed by atoms with Gasteiger partial charge in [-0.15, -0.1) is 0 Å². The van der Waals surface area contributed by atoms with Crippen molar-refractivity contribution in [3.05, 3.63) is 35.9 Å². The summed E-state index contributed by atoms with van der Waals surface area (Å²) in [6, 6.07) is 11.0. The van der Waals surface area contributed by atoms with E-state index in [9.17, 15) is 4.21 Å². The predicted octanol–water partition coefficient (Wildman–Crippen LogP) is 1.69. The van der Waals surface area contributed by atoms with Gasteiger partial charge in [0.05, 0.1) is 18.8 Å². The third-order valence-electron chi connectivity index (χ3n) is 5.41. The van der Waals surface area contributed by atoms with Gasteiger partial charge in [0.2, 0.25) is 0 Å². The molecule has 3 atom stereocenters. The minimum absolute atomic E-state index is 0.181. The van der Waals surface area contributed by atoms with E-state index in [0.29, 0.717) is 18.3 Å². The van der Waals surface area contributed by atoms with Gasteiger partial charge in [-0.25, -0.2) is 0 Å². The van der Waals surface area contributed by atoms with Crippen molar-refractivity contribution in [1.29, 1.82) is 0 Å². The van der Waals surface area contributed by atoms with E-state index in [1.165, 1.54) is 5.56 Å². The summed E-state index contributed by atoms with van der Waals surface area (Å²) in [6.45, 7) is 11.1. The molecule has 1 N–H and O–H groups in total. The van der Waals surface area contributed by atoms with E-state index in [0.717, 1.165) is 38.7 Å². The molecule has 2 aliphatic rings. The monoisotopic (exact) mass is 406 g/mol. The van der Waals surface area contributed by atoms with Crippen molar-refractivity contribution in [2.24, 2.45) is 4.99 Å². The van der Waals surface area contributed by atoms with E-state index in [1.54, 1.807) is 0 Å². The van der Waals surface area contributed by atoms with Crippen LogP contribution in [0.15, 0.2) is 35.3 Å². The van der Waals surface area contributed by atoms with Crippen LogP contribution >= 0.6 is 0 Å². The highest BCUT2D eigenvalue weighted by atomic mass is 32.2. The number of nitrogens with one attached hydrogen (secondary N) is 1. The highest BCUT2D eigenvalue weighted by Crippen LogP contribution is 2.24. The number of hydrogen-bond donors (Lipinski definition) is 1. The Bertz CT molecular complexity index is 689. The summed E-state index contributed by atoms with van der Waals surface area (Å²) in [6.07, 6.45) is 0.208. The van der Waals surface area contributed by atoms with Gasteiger partial charge in [0, 0.05) is 61.1 Å². The van der Waals surface area contributed by atoms with Crippen LogP contribution in [0.5, 0.6) is 0 Å². The summed E-state index contributed by atoms with van der Waals surface area (Å²) in [5.41, 5.74) is 1.34. The fourth-order valence-corrected chi connectivity index (χ4v) is 4.74. The first-order valence-electron chi connectivity index (χ1n) is 10.1. The lowest BCUT2D eigenvalue weighted by atomic mass is 10.1. The molecule has 0 amide bonds. The molecule has 2 saturated heterocycles. The number of likely N-dealkylation sites (tertiary alicyclic amines) is 1. The van der Waals surface area contributed by atoms with Crippen molar-refractivity contribution in [2.45, 2.75) is 44.2 Å². The molecule has 2 aliphatic heterocycles. The van der Waals surface area contributed by atoms with Crippen LogP contribution in [-0.2, 0) is 22.1 Å². The van der Waals surface area contributed by atoms with Crippen LogP contribution in [0, 0.1) is 0 Å². The molecule has 2 fully saturated rings. The molecule has 28 heavy (non-hydrogen) atoms. The molecular formula is C21H34N4O2S. The molecule has 0 spiro atoms. The Morgan fingerprint density at radius 1 is 1.29 bits per heavy atom. The van der Waals surface area contributed by atoms with Gasteiger partial charge < -0.3 is 15.0 Å². The summed E-state index contributed by atoms with van der Waals surface area (Å²) < 4.78 is 18.2. The maximum absolute atomic E-state index is 12.3. The van der Waals surface area contributed by atoms with Gasteiger partial charge in [-0.05, 0) is 26.3 Å². The molecule has 0 saturated carbocycles. The van der Waals surface area contributed by atoms with E-state index in [1.807, 2.05) is 27.8 Å². The average Bonchev–Trinajstić information content (AvgIpc) is 3.10. The van der Waals surface area contributed by atoms with Crippen LogP contribution in [0.25, 0.3) is 0 Å². The molecule has 3 rings (SSSR count). The van der Waals surface area contributed by atoms with Gasteiger partial charge in [0.25, 0.3) is 0 Å². The molecule has 156 valence electrons. The Hall–Kier alpha value is -1.44. The minimum atomic E-state index is -0.862. The Morgan fingerprint density at radius 2 is 2.04 bits per heavy atom. The number of fused-ring (bicyclic) bond motifs is 1. The van der Waals surface area contributed by atoms with Crippen LogP contribution in [-0.4, -0.2) is 82.4 Å². The van der Waals surface area contributed by atoms with E-state index < -0.39 is 10.8 Å². The zero-order chi connectivity index (χ0) is 20.1. The predicted molar refractivity (Wildman–Crippen MR) is 116 cm³/mol. The number of rotatable bonds is 5.